The van der Waals surface area contributed by atoms with Crippen LogP contribution in [0.1, 0.15) is 34.1 Å². The van der Waals surface area contributed by atoms with Crippen molar-refractivity contribution < 1.29 is 19.4 Å². The predicted molar refractivity (Wildman–Crippen MR) is 85.9 cm³/mol. The standard InChI is InChI=1S/C12H30N5O4P/c1-10(2)15-17(16-11(3)4)22(19,20,7-5-6-13)21-9-12(14)8-18/h10-12,15-16,18-20H,5,7-9,14H2,1-4H3/t12-/m1/s1. The number of aliphatic hydroxyl groups excluding tert-OH is 1. The van der Waals surface area contributed by atoms with Gasteiger partial charge in [0.2, 0.25) is 0 Å². The van der Waals surface area contributed by atoms with Crippen molar-refractivity contribution in [1.82, 2.24) is 15.7 Å². The number of aliphatic hydroxyl groups is 1. The zero-order valence-electron chi connectivity index (χ0n) is 13.7. The molecule has 132 valence electrons. The van der Waals surface area contributed by atoms with Crippen molar-refractivity contribution in [3.05, 3.63) is 0 Å². The van der Waals surface area contributed by atoms with Crippen LogP contribution >= 0.6 is 7.43 Å². The summed E-state index contributed by atoms with van der Waals surface area (Å²) in [7, 11) is -4.90. The monoisotopic (exact) mass is 339 g/mol. The summed E-state index contributed by atoms with van der Waals surface area (Å²) in [6, 6.07) is 0.920. The maximum atomic E-state index is 10.9. The van der Waals surface area contributed by atoms with E-state index in [0.717, 1.165) is 4.89 Å². The molecule has 0 spiro atoms. The number of nitriles is 1. The van der Waals surface area contributed by atoms with E-state index in [1.807, 2.05) is 33.8 Å². The summed E-state index contributed by atoms with van der Waals surface area (Å²) in [5, 5.41) is 17.8. The van der Waals surface area contributed by atoms with E-state index in [0.29, 0.717) is 0 Å². The fraction of sp³-hybridized carbons (Fsp3) is 0.917. The van der Waals surface area contributed by atoms with Gasteiger partial charge in [0.05, 0.1) is 0 Å². The normalized spacial score (nSPS) is 15.8. The summed E-state index contributed by atoms with van der Waals surface area (Å²) in [6.45, 7) is 6.72. The molecule has 0 unspecified atom stereocenters. The van der Waals surface area contributed by atoms with E-state index >= 15 is 0 Å². The van der Waals surface area contributed by atoms with E-state index in [9.17, 15) is 9.79 Å². The van der Waals surface area contributed by atoms with Gasteiger partial charge < -0.3 is 0 Å². The molecular formula is C12H30N5O4P. The second kappa shape index (κ2) is 9.03. The van der Waals surface area contributed by atoms with Gasteiger partial charge in [-0.2, -0.15) is 0 Å². The van der Waals surface area contributed by atoms with Gasteiger partial charge >= 0.3 is 131 Å². The first kappa shape index (κ1) is 21.6. The Morgan fingerprint density at radius 1 is 1.23 bits per heavy atom. The Morgan fingerprint density at radius 2 is 1.73 bits per heavy atom. The van der Waals surface area contributed by atoms with Crippen LogP contribution < -0.4 is 16.6 Å². The third-order valence-corrected chi connectivity index (χ3v) is 5.28. The Bertz CT molecular complexity index is 365. The predicted octanol–water partition coefficient (Wildman–Crippen LogP) is -0.438. The first-order chi connectivity index (χ1) is 10.0. The Kier molecular flexibility index (Phi) is 8.87. The number of hydrogen-bond donors (Lipinski definition) is 6. The van der Waals surface area contributed by atoms with Gasteiger partial charge in [0.15, 0.2) is 0 Å². The third kappa shape index (κ3) is 7.24. The zero-order chi connectivity index (χ0) is 17.4. The van der Waals surface area contributed by atoms with Gasteiger partial charge in [-0.25, -0.2) is 0 Å². The number of hydrogen-bond acceptors (Lipinski definition) is 9. The Hall–Kier alpha value is -0.400. The molecule has 0 saturated carbocycles. The molecular weight excluding hydrogens is 309 g/mol. The average Bonchev–Trinajstić information content (AvgIpc) is 2.41. The van der Waals surface area contributed by atoms with E-state index in [4.69, 9.17) is 20.6 Å². The number of nitrogens with one attached hydrogen (secondary N) is 2. The molecule has 22 heavy (non-hydrogen) atoms. The minimum atomic E-state index is -4.90. The Morgan fingerprint density at radius 3 is 2.09 bits per heavy atom. The average molecular weight is 339 g/mol. The summed E-state index contributed by atoms with van der Waals surface area (Å²) in [4.78, 5) is 22.8. The molecule has 0 aromatic carbocycles. The summed E-state index contributed by atoms with van der Waals surface area (Å²) in [5.74, 6) is 0. The molecule has 0 heterocycles. The molecule has 1 atom stereocenters. The first-order valence-electron chi connectivity index (χ1n) is 7.26. The van der Waals surface area contributed by atoms with Crippen molar-refractivity contribution in [2.45, 2.75) is 52.2 Å². The summed E-state index contributed by atoms with van der Waals surface area (Å²) < 4.78 is 5.34. The Balaban J connectivity index is 5.40. The summed E-state index contributed by atoms with van der Waals surface area (Å²) in [6.07, 6.45) is -0.380. The molecule has 7 N–H and O–H groups in total. The summed E-state index contributed by atoms with van der Waals surface area (Å²) in [5.41, 5.74) is 11.3. The fourth-order valence-corrected chi connectivity index (χ4v) is 3.89. The molecule has 0 aliphatic rings. The van der Waals surface area contributed by atoms with Crippen molar-refractivity contribution in [3.8, 4) is 6.07 Å². The van der Waals surface area contributed by atoms with E-state index in [-0.39, 0.29) is 37.9 Å². The molecule has 10 heteroatoms. The van der Waals surface area contributed by atoms with Crippen LogP contribution in [0.5, 0.6) is 0 Å². The van der Waals surface area contributed by atoms with Crippen LogP contribution in [-0.4, -0.2) is 57.3 Å². The van der Waals surface area contributed by atoms with Crippen LogP contribution in [-0.2, 0) is 4.52 Å². The van der Waals surface area contributed by atoms with Gasteiger partial charge in [0, 0.05) is 0 Å². The van der Waals surface area contributed by atoms with Crippen molar-refractivity contribution >= 4 is 7.43 Å². The minimum absolute atomic E-state index is 0.102. The molecule has 0 aliphatic heterocycles. The summed E-state index contributed by atoms with van der Waals surface area (Å²) >= 11 is 0. The molecule has 0 bridgehead atoms. The van der Waals surface area contributed by atoms with Crippen molar-refractivity contribution in [2.75, 3.05) is 19.4 Å². The molecule has 0 aromatic rings. The molecule has 0 fully saturated rings. The van der Waals surface area contributed by atoms with Crippen molar-refractivity contribution in [2.24, 2.45) is 5.73 Å². The van der Waals surface area contributed by atoms with Gasteiger partial charge in [-0.05, 0) is 0 Å². The molecule has 0 aliphatic carbocycles. The van der Waals surface area contributed by atoms with Crippen LogP contribution in [0.3, 0.4) is 0 Å². The van der Waals surface area contributed by atoms with Gasteiger partial charge in [0.25, 0.3) is 0 Å². The van der Waals surface area contributed by atoms with Crippen LogP contribution in [0, 0.1) is 11.3 Å². The van der Waals surface area contributed by atoms with Gasteiger partial charge in [-0.15, -0.1) is 0 Å². The van der Waals surface area contributed by atoms with E-state index in [1.165, 1.54) is 0 Å². The molecule has 0 amide bonds. The van der Waals surface area contributed by atoms with Crippen molar-refractivity contribution in [3.63, 3.8) is 0 Å². The zero-order valence-corrected chi connectivity index (χ0v) is 14.6. The molecule has 0 saturated heterocycles. The van der Waals surface area contributed by atoms with Gasteiger partial charge in [0.1, 0.15) is 0 Å². The van der Waals surface area contributed by atoms with Gasteiger partial charge in [-0.1, -0.05) is 0 Å². The number of hydrazine groups is 2. The topological polar surface area (TPSA) is 147 Å². The second-order valence-corrected chi connectivity index (χ2v) is 9.05. The van der Waals surface area contributed by atoms with E-state index in [1.54, 1.807) is 0 Å². The first-order valence-corrected chi connectivity index (χ1v) is 9.46. The number of nitrogens with two attached hydrogens (primary N) is 1. The third-order valence-electron chi connectivity index (χ3n) is 2.57. The molecule has 0 aromatic heterocycles. The molecule has 0 rings (SSSR count). The van der Waals surface area contributed by atoms with Gasteiger partial charge in [-0.3, -0.25) is 0 Å². The van der Waals surface area contributed by atoms with Crippen LogP contribution in [0.25, 0.3) is 0 Å². The Labute approximate surface area is 132 Å². The number of rotatable bonds is 11. The van der Waals surface area contributed by atoms with Crippen molar-refractivity contribution in [1.29, 1.82) is 5.26 Å². The van der Waals surface area contributed by atoms with E-state index in [2.05, 4.69) is 10.9 Å². The van der Waals surface area contributed by atoms with Crippen LogP contribution in [0.4, 0.5) is 0 Å². The van der Waals surface area contributed by atoms with Crippen LogP contribution in [0.2, 0.25) is 0 Å². The maximum absolute atomic E-state index is 10.9. The molecule has 0 radical (unpaired) electrons. The number of nitrogens with zero attached hydrogens (tertiary/aromatic N) is 2. The van der Waals surface area contributed by atoms with Crippen LogP contribution in [0.15, 0.2) is 0 Å². The van der Waals surface area contributed by atoms with E-state index < -0.39 is 13.5 Å². The second-order valence-electron chi connectivity index (χ2n) is 5.82. The fourth-order valence-electron chi connectivity index (χ4n) is 1.53. The SMILES string of the molecule is CC(C)NN(NC(C)C)P(O)(O)(CCC#N)OC[C@H](N)CO. The molecule has 9 nitrogen and oxygen atoms in total. The quantitative estimate of drug-likeness (QED) is 0.218.